The molecule has 2 heteroatoms. The van der Waals surface area contributed by atoms with Crippen LogP contribution in [0.15, 0.2) is 0 Å². The van der Waals surface area contributed by atoms with Crippen molar-refractivity contribution >= 4 is 0 Å². The second kappa shape index (κ2) is 8.16. The lowest BCUT2D eigenvalue weighted by atomic mass is 9.66. The van der Waals surface area contributed by atoms with Gasteiger partial charge in [0.25, 0.3) is 0 Å². The van der Waals surface area contributed by atoms with E-state index in [9.17, 15) is 5.11 Å². The monoisotopic (exact) mass is 255 g/mol. The first-order valence-electron chi connectivity index (χ1n) is 8.02. The number of rotatable bonds is 8. The van der Waals surface area contributed by atoms with Crippen LogP contribution in [0.5, 0.6) is 0 Å². The lowest BCUT2D eigenvalue weighted by Crippen LogP contribution is -2.44. The Balaban J connectivity index is 2.30. The van der Waals surface area contributed by atoms with Crippen molar-refractivity contribution in [1.82, 2.24) is 0 Å². The number of aliphatic hydroxyl groups excluding tert-OH is 1. The van der Waals surface area contributed by atoms with Crippen LogP contribution in [-0.2, 0) is 0 Å². The number of unbranched alkanes of at least 4 members (excludes halogenated alkanes) is 4. The van der Waals surface area contributed by atoms with Crippen molar-refractivity contribution < 1.29 is 5.11 Å². The summed E-state index contributed by atoms with van der Waals surface area (Å²) in [4.78, 5) is 0. The molecule has 0 spiro atoms. The van der Waals surface area contributed by atoms with Gasteiger partial charge < -0.3 is 10.8 Å². The highest BCUT2D eigenvalue weighted by molar-refractivity contribution is 4.91. The number of hydrogen-bond acceptors (Lipinski definition) is 2. The third-order valence-corrected chi connectivity index (χ3v) is 4.96. The second-order valence-electron chi connectivity index (χ2n) is 6.47. The summed E-state index contributed by atoms with van der Waals surface area (Å²) in [6.07, 6.45) is 11.9. The molecule has 0 radical (unpaired) electrons. The Bertz CT molecular complexity index is 209. The van der Waals surface area contributed by atoms with Crippen LogP contribution < -0.4 is 5.73 Å². The minimum atomic E-state index is -0.170. The first-order valence-corrected chi connectivity index (χ1v) is 8.02. The van der Waals surface area contributed by atoms with Crippen LogP contribution in [-0.4, -0.2) is 17.8 Å². The molecule has 1 unspecified atom stereocenters. The zero-order valence-corrected chi connectivity index (χ0v) is 12.5. The van der Waals surface area contributed by atoms with Gasteiger partial charge >= 0.3 is 0 Å². The SMILES string of the molecule is CCCCCCCC(O)C1(CN)CCC(C)CC1. The van der Waals surface area contributed by atoms with E-state index in [2.05, 4.69) is 13.8 Å². The van der Waals surface area contributed by atoms with Crippen molar-refractivity contribution in [3.05, 3.63) is 0 Å². The van der Waals surface area contributed by atoms with Gasteiger partial charge in [0.2, 0.25) is 0 Å². The van der Waals surface area contributed by atoms with E-state index in [-0.39, 0.29) is 11.5 Å². The maximum atomic E-state index is 10.5. The third-order valence-electron chi connectivity index (χ3n) is 4.96. The lowest BCUT2D eigenvalue weighted by Gasteiger charge is -2.42. The predicted molar refractivity (Wildman–Crippen MR) is 78.5 cm³/mol. The number of aliphatic hydroxyl groups is 1. The summed E-state index contributed by atoms with van der Waals surface area (Å²) in [6.45, 7) is 5.22. The van der Waals surface area contributed by atoms with Gasteiger partial charge in [-0.25, -0.2) is 0 Å². The summed E-state index contributed by atoms with van der Waals surface area (Å²) < 4.78 is 0. The average molecular weight is 255 g/mol. The molecule has 0 aromatic heterocycles. The molecule has 0 saturated heterocycles. The van der Waals surface area contributed by atoms with Crippen molar-refractivity contribution in [2.24, 2.45) is 17.1 Å². The fourth-order valence-electron chi connectivity index (χ4n) is 3.26. The summed E-state index contributed by atoms with van der Waals surface area (Å²) >= 11 is 0. The summed E-state index contributed by atoms with van der Waals surface area (Å²) in [5.74, 6) is 0.821. The van der Waals surface area contributed by atoms with Crippen LogP contribution in [0.4, 0.5) is 0 Å². The molecule has 0 amide bonds. The van der Waals surface area contributed by atoms with E-state index < -0.39 is 0 Å². The van der Waals surface area contributed by atoms with Gasteiger partial charge in [0.15, 0.2) is 0 Å². The lowest BCUT2D eigenvalue weighted by molar-refractivity contribution is -0.0127. The summed E-state index contributed by atoms with van der Waals surface area (Å²) in [5.41, 5.74) is 6.02. The molecule has 1 rings (SSSR count). The van der Waals surface area contributed by atoms with Crippen molar-refractivity contribution in [2.75, 3.05) is 6.54 Å². The molecule has 1 fully saturated rings. The van der Waals surface area contributed by atoms with Gasteiger partial charge in [0.1, 0.15) is 0 Å². The molecular formula is C16H33NO. The second-order valence-corrected chi connectivity index (χ2v) is 6.47. The van der Waals surface area contributed by atoms with E-state index in [0.717, 1.165) is 25.2 Å². The van der Waals surface area contributed by atoms with Gasteiger partial charge in [-0.2, -0.15) is 0 Å². The van der Waals surface area contributed by atoms with Crippen LogP contribution in [0.1, 0.15) is 78.1 Å². The van der Waals surface area contributed by atoms with E-state index in [4.69, 9.17) is 5.73 Å². The first-order chi connectivity index (χ1) is 8.64. The van der Waals surface area contributed by atoms with Crippen LogP contribution in [0.2, 0.25) is 0 Å². The molecule has 3 N–H and O–H groups in total. The zero-order valence-electron chi connectivity index (χ0n) is 12.5. The standard InChI is InChI=1S/C16H33NO/c1-3-4-5-6-7-8-15(18)16(13-17)11-9-14(2)10-12-16/h14-15,18H,3-13,17H2,1-2H3. The fraction of sp³-hybridized carbons (Fsp3) is 1.00. The summed E-state index contributed by atoms with van der Waals surface area (Å²) in [6, 6.07) is 0. The molecule has 1 aliphatic carbocycles. The van der Waals surface area contributed by atoms with E-state index in [0.29, 0.717) is 6.54 Å². The van der Waals surface area contributed by atoms with Crippen molar-refractivity contribution in [3.8, 4) is 0 Å². The normalized spacial score (nSPS) is 30.3. The predicted octanol–water partition coefficient (Wildman–Crippen LogP) is 3.86. The van der Waals surface area contributed by atoms with Gasteiger partial charge in [0.05, 0.1) is 6.10 Å². The fourth-order valence-corrected chi connectivity index (χ4v) is 3.26. The highest BCUT2D eigenvalue weighted by Gasteiger charge is 2.38. The van der Waals surface area contributed by atoms with Crippen LogP contribution in [0.25, 0.3) is 0 Å². The Morgan fingerprint density at radius 2 is 1.78 bits per heavy atom. The molecule has 0 aromatic rings. The van der Waals surface area contributed by atoms with E-state index in [1.807, 2.05) is 0 Å². The van der Waals surface area contributed by atoms with Crippen molar-refractivity contribution in [3.63, 3.8) is 0 Å². The third kappa shape index (κ3) is 4.55. The van der Waals surface area contributed by atoms with Crippen LogP contribution >= 0.6 is 0 Å². The highest BCUT2D eigenvalue weighted by Crippen LogP contribution is 2.42. The number of hydrogen-bond donors (Lipinski definition) is 2. The Morgan fingerprint density at radius 1 is 1.17 bits per heavy atom. The van der Waals surface area contributed by atoms with E-state index >= 15 is 0 Å². The maximum absolute atomic E-state index is 10.5. The Kier molecular flexibility index (Phi) is 7.25. The Morgan fingerprint density at radius 3 is 2.33 bits per heavy atom. The molecule has 108 valence electrons. The topological polar surface area (TPSA) is 46.2 Å². The van der Waals surface area contributed by atoms with E-state index in [1.54, 1.807) is 0 Å². The molecule has 18 heavy (non-hydrogen) atoms. The molecule has 0 heterocycles. The molecule has 1 aliphatic rings. The van der Waals surface area contributed by atoms with Crippen LogP contribution in [0, 0.1) is 11.3 Å². The largest absolute Gasteiger partial charge is 0.393 e. The Hall–Kier alpha value is -0.0800. The molecule has 1 atom stereocenters. The van der Waals surface area contributed by atoms with Crippen molar-refractivity contribution in [1.29, 1.82) is 0 Å². The molecule has 1 saturated carbocycles. The average Bonchev–Trinajstić information content (AvgIpc) is 2.39. The quantitative estimate of drug-likeness (QED) is 0.647. The van der Waals surface area contributed by atoms with Crippen LogP contribution in [0.3, 0.4) is 0 Å². The Labute approximate surface area is 113 Å². The maximum Gasteiger partial charge on any atom is 0.0608 e. The number of nitrogens with two attached hydrogens (primary N) is 1. The minimum Gasteiger partial charge on any atom is -0.393 e. The van der Waals surface area contributed by atoms with Gasteiger partial charge in [-0.15, -0.1) is 0 Å². The molecule has 0 bridgehead atoms. The van der Waals surface area contributed by atoms with Gasteiger partial charge in [-0.05, 0) is 25.2 Å². The molecular weight excluding hydrogens is 222 g/mol. The summed E-state index contributed by atoms with van der Waals surface area (Å²) in [7, 11) is 0. The molecule has 2 nitrogen and oxygen atoms in total. The minimum absolute atomic E-state index is 0.0390. The highest BCUT2D eigenvalue weighted by atomic mass is 16.3. The molecule has 0 aliphatic heterocycles. The van der Waals surface area contributed by atoms with Crippen molar-refractivity contribution in [2.45, 2.75) is 84.2 Å². The van der Waals surface area contributed by atoms with Gasteiger partial charge in [-0.3, -0.25) is 0 Å². The smallest absolute Gasteiger partial charge is 0.0608 e. The van der Waals surface area contributed by atoms with Gasteiger partial charge in [0, 0.05) is 12.0 Å². The van der Waals surface area contributed by atoms with Gasteiger partial charge in [-0.1, -0.05) is 58.8 Å². The summed E-state index contributed by atoms with van der Waals surface area (Å²) in [5, 5.41) is 10.5. The zero-order chi connectivity index (χ0) is 13.4. The van der Waals surface area contributed by atoms with E-state index in [1.165, 1.54) is 44.9 Å². The molecule has 0 aromatic carbocycles. The first kappa shape index (κ1) is 16.0.